The van der Waals surface area contributed by atoms with Crippen LogP contribution in [0, 0.1) is 5.41 Å². The molecule has 3 aromatic rings. The molecule has 1 aromatic heterocycles. The van der Waals surface area contributed by atoms with Gasteiger partial charge in [0.05, 0.1) is 16.6 Å². The fourth-order valence-corrected chi connectivity index (χ4v) is 6.89. The Morgan fingerprint density at radius 1 is 0.973 bits per heavy atom. The van der Waals surface area contributed by atoms with E-state index in [1.807, 2.05) is 36.7 Å². The molecule has 1 spiro atoms. The number of nitrogens with zero attached hydrogens (tertiary/aromatic N) is 2. The Bertz CT molecular complexity index is 1320. The number of nitrogens with one attached hydrogen (secondary N) is 1. The van der Waals surface area contributed by atoms with Crippen molar-refractivity contribution in [2.75, 3.05) is 13.1 Å². The standard InChI is InChI=1S/C31H32ClN3O2/c32-27-4-2-1-3-25(27)29(36)34-28-8-7-23-5-6-24(19-26(23)28)30(37)35-18-15-31(20-35)13-9-21(10-14-31)22-11-16-33-17-12-22/h1-6,11-12,16-17,19,21,28H,7-10,13-15,18,20H2,(H,34,36). The van der Waals surface area contributed by atoms with E-state index in [1.54, 1.807) is 12.1 Å². The van der Waals surface area contributed by atoms with Crippen LogP contribution in [0.3, 0.4) is 0 Å². The third kappa shape index (κ3) is 4.77. The van der Waals surface area contributed by atoms with Gasteiger partial charge in [-0.2, -0.15) is 0 Å². The van der Waals surface area contributed by atoms with E-state index in [1.165, 1.54) is 36.8 Å². The number of hydrogen-bond acceptors (Lipinski definition) is 3. The highest BCUT2D eigenvalue weighted by atomic mass is 35.5. The Morgan fingerprint density at radius 3 is 2.54 bits per heavy atom. The number of benzene rings is 2. The van der Waals surface area contributed by atoms with Crippen LogP contribution in [-0.2, 0) is 6.42 Å². The maximum Gasteiger partial charge on any atom is 0.253 e. The lowest BCUT2D eigenvalue weighted by Gasteiger charge is -2.37. The van der Waals surface area contributed by atoms with Gasteiger partial charge in [0, 0.05) is 31.0 Å². The second kappa shape index (κ2) is 9.94. The van der Waals surface area contributed by atoms with Crippen LogP contribution in [-0.4, -0.2) is 34.8 Å². The molecule has 1 aliphatic heterocycles. The van der Waals surface area contributed by atoms with Crippen molar-refractivity contribution in [3.8, 4) is 0 Å². The molecule has 0 bridgehead atoms. The van der Waals surface area contributed by atoms with Crippen molar-refractivity contribution < 1.29 is 9.59 Å². The lowest BCUT2D eigenvalue weighted by molar-refractivity contribution is 0.0755. The summed E-state index contributed by atoms with van der Waals surface area (Å²) in [6.45, 7) is 1.67. The summed E-state index contributed by atoms with van der Waals surface area (Å²) in [5.41, 5.74) is 5.10. The third-order valence-corrected chi connectivity index (χ3v) is 9.17. The summed E-state index contributed by atoms with van der Waals surface area (Å²) < 4.78 is 0. The van der Waals surface area contributed by atoms with Crippen molar-refractivity contribution >= 4 is 23.4 Å². The number of amides is 2. The SMILES string of the molecule is O=C(NC1CCc2ccc(C(=O)N3CCC4(CCC(c5ccncc5)CC4)C3)cc21)c1ccccc1Cl. The first-order valence-corrected chi connectivity index (χ1v) is 13.8. The predicted octanol–water partition coefficient (Wildman–Crippen LogP) is 6.34. The lowest BCUT2D eigenvalue weighted by Crippen LogP contribution is -2.34. The number of halogens is 1. The Balaban J connectivity index is 1.12. The van der Waals surface area contributed by atoms with Gasteiger partial charge in [-0.3, -0.25) is 14.6 Å². The minimum atomic E-state index is -0.177. The van der Waals surface area contributed by atoms with E-state index in [0.717, 1.165) is 43.5 Å². The molecular weight excluding hydrogens is 482 g/mol. The van der Waals surface area contributed by atoms with E-state index in [4.69, 9.17) is 11.6 Å². The van der Waals surface area contributed by atoms with Crippen molar-refractivity contribution in [2.45, 2.75) is 56.9 Å². The summed E-state index contributed by atoms with van der Waals surface area (Å²) in [5.74, 6) is 0.538. The van der Waals surface area contributed by atoms with Crippen LogP contribution in [0.2, 0.25) is 5.02 Å². The van der Waals surface area contributed by atoms with Gasteiger partial charge in [0.1, 0.15) is 0 Å². The summed E-state index contributed by atoms with van der Waals surface area (Å²) in [7, 11) is 0. The fraction of sp³-hybridized carbons (Fsp3) is 0.387. The number of fused-ring (bicyclic) bond motifs is 1. The normalized spacial score (nSPS) is 24.7. The zero-order valence-corrected chi connectivity index (χ0v) is 21.7. The number of carbonyl (C=O) groups is 2. The molecule has 37 heavy (non-hydrogen) atoms. The molecule has 1 unspecified atom stereocenters. The summed E-state index contributed by atoms with van der Waals surface area (Å²) in [5, 5.41) is 3.58. The number of aromatic nitrogens is 1. The summed E-state index contributed by atoms with van der Waals surface area (Å²) in [4.78, 5) is 32.7. The van der Waals surface area contributed by atoms with E-state index >= 15 is 0 Å². The van der Waals surface area contributed by atoms with E-state index in [-0.39, 0.29) is 23.3 Å². The van der Waals surface area contributed by atoms with E-state index in [2.05, 4.69) is 33.4 Å². The zero-order valence-electron chi connectivity index (χ0n) is 21.0. The first-order chi connectivity index (χ1) is 18.0. The summed E-state index contributed by atoms with van der Waals surface area (Å²) >= 11 is 6.23. The smallest absolute Gasteiger partial charge is 0.253 e. The molecule has 2 fully saturated rings. The Hall–Kier alpha value is -3.18. The molecular formula is C31H32ClN3O2. The van der Waals surface area contributed by atoms with Gasteiger partial charge < -0.3 is 10.2 Å². The van der Waals surface area contributed by atoms with Crippen LogP contribution in [0.1, 0.15) is 87.9 Å². The van der Waals surface area contributed by atoms with Crippen molar-refractivity contribution in [1.29, 1.82) is 0 Å². The highest BCUT2D eigenvalue weighted by Crippen LogP contribution is 2.48. The number of rotatable bonds is 4. The quantitative estimate of drug-likeness (QED) is 0.442. The zero-order chi connectivity index (χ0) is 25.4. The van der Waals surface area contributed by atoms with E-state index < -0.39 is 0 Å². The number of hydrogen-bond donors (Lipinski definition) is 1. The Morgan fingerprint density at radius 2 is 1.76 bits per heavy atom. The molecule has 1 N–H and O–H groups in total. The fourth-order valence-electron chi connectivity index (χ4n) is 6.66. The number of carbonyl (C=O) groups excluding carboxylic acids is 2. The Labute approximate surface area is 223 Å². The largest absolute Gasteiger partial charge is 0.345 e. The van der Waals surface area contributed by atoms with Crippen LogP contribution < -0.4 is 5.32 Å². The van der Waals surface area contributed by atoms with Crippen LogP contribution in [0.5, 0.6) is 0 Å². The minimum absolute atomic E-state index is 0.110. The molecule has 2 heterocycles. The highest BCUT2D eigenvalue weighted by molar-refractivity contribution is 6.33. The van der Waals surface area contributed by atoms with Crippen molar-refractivity contribution in [1.82, 2.24) is 15.2 Å². The molecule has 0 radical (unpaired) electrons. The molecule has 2 amide bonds. The molecule has 2 aromatic carbocycles. The van der Waals surface area contributed by atoms with Crippen LogP contribution in [0.4, 0.5) is 0 Å². The van der Waals surface area contributed by atoms with Crippen molar-refractivity contribution in [3.63, 3.8) is 0 Å². The number of pyridine rings is 1. The average molecular weight is 514 g/mol. The first-order valence-electron chi connectivity index (χ1n) is 13.4. The van der Waals surface area contributed by atoms with E-state index in [0.29, 0.717) is 16.5 Å². The van der Waals surface area contributed by atoms with Crippen molar-refractivity contribution in [2.24, 2.45) is 5.41 Å². The summed E-state index contributed by atoms with van der Waals surface area (Å²) in [6, 6.07) is 17.3. The van der Waals surface area contributed by atoms with Gasteiger partial charge in [0.25, 0.3) is 11.8 Å². The second-order valence-electron chi connectivity index (χ2n) is 11.0. The van der Waals surface area contributed by atoms with Gasteiger partial charge in [0.2, 0.25) is 0 Å². The second-order valence-corrected chi connectivity index (χ2v) is 11.4. The summed E-state index contributed by atoms with van der Waals surface area (Å²) in [6.07, 6.45) is 11.3. The van der Waals surface area contributed by atoms with E-state index in [9.17, 15) is 9.59 Å². The maximum atomic E-state index is 13.6. The number of aryl methyl sites for hydroxylation is 1. The third-order valence-electron chi connectivity index (χ3n) is 8.84. The van der Waals surface area contributed by atoms with Crippen molar-refractivity contribution in [3.05, 3.63) is 99.8 Å². The van der Waals surface area contributed by atoms with Gasteiger partial charge in [-0.25, -0.2) is 0 Å². The number of likely N-dealkylation sites (tertiary alicyclic amines) is 1. The highest BCUT2D eigenvalue weighted by Gasteiger charge is 2.42. The van der Waals surface area contributed by atoms with Gasteiger partial charge in [-0.05, 0) is 109 Å². The minimum Gasteiger partial charge on any atom is -0.345 e. The van der Waals surface area contributed by atoms with Gasteiger partial charge in [-0.1, -0.05) is 29.8 Å². The molecule has 5 nitrogen and oxygen atoms in total. The topological polar surface area (TPSA) is 62.3 Å². The lowest BCUT2D eigenvalue weighted by atomic mass is 9.68. The predicted molar refractivity (Wildman–Crippen MR) is 145 cm³/mol. The monoisotopic (exact) mass is 513 g/mol. The van der Waals surface area contributed by atoms with Crippen LogP contribution >= 0.6 is 11.6 Å². The Kier molecular flexibility index (Phi) is 6.49. The molecule has 2 aliphatic carbocycles. The molecule has 190 valence electrons. The molecule has 3 aliphatic rings. The van der Waals surface area contributed by atoms with Crippen LogP contribution in [0.25, 0.3) is 0 Å². The average Bonchev–Trinajstić information content (AvgIpc) is 3.53. The molecule has 6 rings (SSSR count). The van der Waals surface area contributed by atoms with Gasteiger partial charge >= 0.3 is 0 Å². The molecule has 6 heteroatoms. The van der Waals surface area contributed by atoms with Gasteiger partial charge in [0.15, 0.2) is 0 Å². The maximum absolute atomic E-state index is 13.6. The molecule has 1 atom stereocenters. The van der Waals surface area contributed by atoms with Crippen LogP contribution in [0.15, 0.2) is 67.0 Å². The molecule has 1 saturated heterocycles. The van der Waals surface area contributed by atoms with Gasteiger partial charge in [-0.15, -0.1) is 0 Å². The first kappa shape index (κ1) is 24.2. The molecule has 1 saturated carbocycles.